The number of hydrogen-bond acceptors (Lipinski definition) is 5. The SMILES string of the molecule is C=C1CCC[C@]2(C)C[C@H]3OC(=O)[C@H](CN4CCN(CCO)CC4)[C@H]3C[C@H]12. The number of esters is 1. The molecule has 0 aromatic carbocycles. The molecule has 2 heterocycles. The summed E-state index contributed by atoms with van der Waals surface area (Å²) in [5.74, 6) is 0.996. The van der Waals surface area contributed by atoms with Crippen LogP contribution in [0.4, 0.5) is 0 Å². The maximum atomic E-state index is 12.7. The van der Waals surface area contributed by atoms with Gasteiger partial charge in [-0.25, -0.2) is 0 Å². The fourth-order valence-corrected chi connectivity index (χ4v) is 6.08. The minimum Gasteiger partial charge on any atom is -0.462 e. The monoisotopic (exact) mass is 362 g/mol. The minimum absolute atomic E-state index is 0.0312. The lowest BCUT2D eigenvalue weighted by atomic mass is 9.55. The van der Waals surface area contributed by atoms with Crippen LogP contribution < -0.4 is 0 Å². The summed E-state index contributed by atoms with van der Waals surface area (Å²) in [6.07, 6.45) is 5.86. The van der Waals surface area contributed by atoms with Gasteiger partial charge in [-0.2, -0.15) is 0 Å². The van der Waals surface area contributed by atoms with E-state index in [0.29, 0.717) is 11.8 Å². The predicted molar refractivity (Wildman–Crippen MR) is 101 cm³/mol. The van der Waals surface area contributed by atoms with Crippen molar-refractivity contribution < 1.29 is 14.6 Å². The quantitative estimate of drug-likeness (QED) is 0.612. The van der Waals surface area contributed by atoms with E-state index in [1.54, 1.807) is 0 Å². The number of allylic oxidation sites excluding steroid dienone is 1. The lowest BCUT2D eigenvalue weighted by Gasteiger charge is -2.50. The van der Waals surface area contributed by atoms with Crippen molar-refractivity contribution in [2.45, 2.75) is 45.1 Å². The molecule has 0 aromatic rings. The Balaban J connectivity index is 1.41. The molecule has 5 heteroatoms. The number of aliphatic hydroxyl groups excluding tert-OH is 1. The van der Waals surface area contributed by atoms with Crippen molar-refractivity contribution in [3.8, 4) is 0 Å². The van der Waals surface area contributed by atoms with Crippen LogP contribution in [0.5, 0.6) is 0 Å². The molecule has 0 aromatic heterocycles. The van der Waals surface area contributed by atoms with Gasteiger partial charge in [0.05, 0.1) is 12.5 Å². The number of rotatable bonds is 4. The highest BCUT2D eigenvalue weighted by atomic mass is 16.6. The molecule has 4 fully saturated rings. The van der Waals surface area contributed by atoms with E-state index in [0.717, 1.165) is 58.5 Å². The topological polar surface area (TPSA) is 53.0 Å². The molecule has 0 spiro atoms. The van der Waals surface area contributed by atoms with Gasteiger partial charge in [0.2, 0.25) is 0 Å². The zero-order chi connectivity index (χ0) is 18.3. The lowest BCUT2D eigenvalue weighted by molar-refractivity contribution is -0.146. The Bertz CT molecular complexity index is 557. The third-order valence-corrected chi connectivity index (χ3v) is 7.66. The lowest BCUT2D eigenvalue weighted by Crippen LogP contribution is -2.50. The van der Waals surface area contributed by atoms with Crippen molar-refractivity contribution in [1.82, 2.24) is 9.80 Å². The van der Waals surface area contributed by atoms with Gasteiger partial charge in [0, 0.05) is 45.2 Å². The molecule has 2 saturated carbocycles. The molecule has 2 aliphatic heterocycles. The van der Waals surface area contributed by atoms with Gasteiger partial charge < -0.3 is 9.84 Å². The third kappa shape index (κ3) is 3.34. The number of carbonyl (C=O) groups excluding carboxylic acids is 1. The first kappa shape index (κ1) is 18.5. The molecule has 0 bridgehead atoms. The summed E-state index contributed by atoms with van der Waals surface area (Å²) in [5.41, 5.74) is 1.69. The molecule has 4 rings (SSSR count). The van der Waals surface area contributed by atoms with Crippen molar-refractivity contribution >= 4 is 5.97 Å². The summed E-state index contributed by atoms with van der Waals surface area (Å²) in [6.45, 7) is 12.5. The van der Waals surface area contributed by atoms with Crippen molar-refractivity contribution in [1.29, 1.82) is 0 Å². The van der Waals surface area contributed by atoms with Crippen LogP contribution in [0.25, 0.3) is 0 Å². The van der Waals surface area contributed by atoms with Crippen LogP contribution in [-0.2, 0) is 9.53 Å². The molecule has 146 valence electrons. The van der Waals surface area contributed by atoms with Crippen LogP contribution >= 0.6 is 0 Å². The van der Waals surface area contributed by atoms with Crippen LogP contribution in [0.1, 0.15) is 39.0 Å². The van der Waals surface area contributed by atoms with E-state index in [4.69, 9.17) is 9.84 Å². The zero-order valence-corrected chi connectivity index (χ0v) is 16.2. The molecular formula is C21H34N2O3. The van der Waals surface area contributed by atoms with E-state index in [2.05, 4.69) is 23.3 Å². The molecule has 2 saturated heterocycles. The van der Waals surface area contributed by atoms with Gasteiger partial charge in [-0.05, 0) is 43.4 Å². The molecule has 2 aliphatic carbocycles. The molecule has 0 radical (unpaired) electrons. The Morgan fingerprint density at radius 1 is 1.27 bits per heavy atom. The van der Waals surface area contributed by atoms with Gasteiger partial charge in [0.25, 0.3) is 0 Å². The molecule has 1 N–H and O–H groups in total. The minimum atomic E-state index is 0.0312. The van der Waals surface area contributed by atoms with Crippen molar-refractivity contribution in [3.05, 3.63) is 12.2 Å². The van der Waals surface area contributed by atoms with Gasteiger partial charge in [-0.15, -0.1) is 0 Å². The number of ether oxygens (including phenoxy) is 1. The van der Waals surface area contributed by atoms with Crippen LogP contribution in [0.2, 0.25) is 0 Å². The number of β-amino-alcohol motifs (C(OH)–C–C–N with tert-alkyl or cyclic N) is 1. The summed E-state index contributed by atoms with van der Waals surface area (Å²) in [5, 5.41) is 9.09. The first-order valence-electron chi connectivity index (χ1n) is 10.4. The molecule has 26 heavy (non-hydrogen) atoms. The van der Waals surface area contributed by atoms with E-state index in [9.17, 15) is 4.79 Å². The molecule has 0 amide bonds. The predicted octanol–water partition coefficient (Wildman–Crippen LogP) is 1.91. The number of hydrogen-bond donors (Lipinski definition) is 1. The summed E-state index contributed by atoms with van der Waals surface area (Å²) in [7, 11) is 0. The first-order valence-corrected chi connectivity index (χ1v) is 10.4. The molecule has 5 nitrogen and oxygen atoms in total. The van der Waals surface area contributed by atoms with Crippen LogP contribution in [-0.4, -0.2) is 72.9 Å². The highest BCUT2D eigenvalue weighted by Gasteiger charge is 2.55. The zero-order valence-electron chi connectivity index (χ0n) is 16.2. The van der Waals surface area contributed by atoms with Crippen LogP contribution in [0.15, 0.2) is 12.2 Å². The normalized spacial score (nSPS) is 41.6. The van der Waals surface area contributed by atoms with E-state index < -0.39 is 0 Å². The molecule has 5 atom stereocenters. The van der Waals surface area contributed by atoms with E-state index in [-0.39, 0.29) is 30.0 Å². The maximum Gasteiger partial charge on any atom is 0.310 e. The second-order valence-electron chi connectivity index (χ2n) is 9.27. The highest BCUT2D eigenvalue weighted by molar-refractivity contribution is 5.75. The summed E-state index contributed by atoms with van der Waals surface area (Å²) < 4.78 is 5.89. The molecule has 4 aliphatic rings. The summed E-state index contributed by atoms with van der Waals surface area (Å²) in [4.78, 5) is 17.4. The van der Waals surface area contributed by atoms with Crippen LogP contribution in [0.3, 0.4) is 0 Å². The van der Waals surface area contributed by atoms with Crippen molar-refractivity contribution in [2.75, 3.05) is 45.9 Å². The largest absolute Gasteiger partial charge is 0.462 e. The Labute approximate surface area is 157 Å². The average molecular weight is 363 g/mol. The smallest absolute Gasteiger partial charge is 0.310 e. The van der Waals surface area contributed by atoms with E-state index >= 15 is 0 Å². The molecule has 0 unspecified atom stereocenters. The number of aliphatic hydroxyl groups is 1. The number of piperazine rings is 1. The second-order valence-corrected chi connectivity index (χ2v) is 9.27. The van der Waals surface area contributed by atoms with Gasteiger partial charge in [-0.3, -0.25) is 14.6 Å². The van der Waals surface area contributed by atoms with Gasteiger partial charge in [-0.1, -0.05) is 19.1 Å². The summed E-state index contributed by atoms with van der Waals surface area (Å²) >= 11 is 0. The van der Waals surface area contributed by atoms with Gasteiger partial charge >= 0.3 is 5.97 Å². The Morgan fingerprint density at radius 3 is 2.73 bits per heavy atom. The van der Waals surface area contributed by atoms with E-state index in [1.165, 1.54) is 18.4 Å². The molecular weight excluding hydrogens is 328 g/mol. The highest BCUT2D eigenvalue weighted by Crippen LogP contribution is 2.56. The second kappa shape index (κ2) is 7.25. The van der Waals surface area contributed by atoms with E-state index in [1.807, 2.05) is 0 Å². The number of fused-ring (bicyclic) bond motifs is 2. The van der Waals surface area contributed by atoms with Gasteiger partial charge in [0.1, 0.15) is 6.10 Å². The Hall–Kier alpha value is -0.910. The standard InChI is InChI=1S/C21H34N2O3/c1-15-4-3-5-21(2)13-19-16(12-18(15)21)17(20(25)26-19)14-23-8-6-22(7-9-23)10-11-24/h16-19,24H,1,3-14H2,2H3/t16-,17-,18-,19-,21-/m1/s1. The van der Waals surface area contributed by atoms with Gasteiger partial charge in [0.15, 0.2) is 0 Å². The Kier molecular flexibility index (Phi) is 5.15. The maximum absolute atomic E-state index is 12.7. The first-order chi connectivity index (χ1) is 12.5. The van der Waals surface area contributed by atoms with Crippen LogP contribution in [0, 0.1) is 23.2 Å². The average Bonchev–Trinajstić information content (AvgIpc) is 2.89. The van der Waals surface area contributed by atoms with Crippen molar-refractivity contribution in [2.24, 2.45) is 23.2 Å². The third-order valence-electron chi connectivity index (χ3n) is 7.66. The number of carbonyl (C=O) groups is 1. The number of nitrogens with zero attached hydrogens (tertiary/aromatic N) is 2. The van der Waals surface area contributed by atoms with Crippen molar-refractivity contribution in [3.63, 3.8) is 0 Å². The summed E-state index contributed by atoms with van der Waals surface area (Å²) in [6, 6.07) is 0. The Morgan fingerprint density at radius 2 is 2.00 bits per heavy atom. The fourth-order valence-electron chi connectivity index (χ4n) is 6.08. The fraction of sp³-hybridized carbons (Fsp3) is 0.857.